The molecule has 0 amide bonds. The summed E-state index contributed by atoms with van der Waals surface area (Å²) < 4.78 is 19.8. The van der Waals surface area contributed by atoms with Crippen molar-refractivity contribution in [3.8, 4) is 0 Å². The van der Waals surface area contributed by atoms with E-state index in [0.717, 1.165) is 56.0 Å². The van der Waals surface area contributed by atoms with Crippen LogP contribution in [0.2, 0.25) is 6.04 Å². The van der Waals surface area contributed by atoms with Gasteiger partial charge < -0.3 is 30.2 Å². The summed E-state index contributed by atoms with van der Waals surface area (Å²) in [7, 11) is 2.20. The van der Waals surface area contributed by atoms with Gasteiger partial charge in [0.05, 0.1) is 27.2 Å². The van der Waals surface area contributed by atoms with Crippen LogP contribution in [0.25, 0.3) is 0 Å². The van der Waals surface area contributed by atoms with Crippen LogP contribution < -0.4 is 12.4 Å². The van der Waals surface area contributed by atoms with Crippen LogP contribution in [0.1, 0.15) is 91.9 Å². The summed E-state index contributed by atoms with van der Waals surface area (Å²) >= 11 is 0. The summed E-state index contributed by atoms with van der Waals surface area (Å²) in [5.74, 6) is 0. The van der Waals surface area contributed by atoms with Gasteiger partial charge in [0.2, 0.25) is 0 Å². The molecule has 0 rings (SSSR count). The minimum absolute atomic E-state index is 0. The average molecular weight is 440 g/mol. The molecule has 0 aromatic heterocycles. The van der Waals surface area contributed by atoms with E-state index in [-0.39, 0.29) is 12.4 Å². The van der Waals surface area contributed by atoms with Gasteiger partial charge in [0, 0.05) is 32.3 Å². The van der Waals surface area contributed by atoms with Crippen molar-refractivity contribution in [2.24, 2.45) is 0 Å². The van der Waals surface area contributed by atoms with E-state index in [1.807, 2.05) is 0 Å². The highest BCUT2D eigenvalue weighted by atomic mass is 35.5. The lowest BCUT2D eigenvalue weighted by molar-refractivity contribution is -0.890. The predicted octanol–water partition coefficient (Wildman–Crippen LogP) is 3.04. The molecule has 0 unspecified atom stereocenters. The Kier molecular flexibility index (Phi) is 21.1. The zero-order valence-corrected chi connectivity index (χ0v) is 21.6. The molecule has 0 aromatic carbocycles. The third-order valence-electron chi connectivity index (χ3n) is 4.94. The third-order valence-corrected chi connectivity index (χ3v) is 7.84. The van der Waals surface area contributed by atoms with E-state index in [1.54, 1.807) is 0 Å². The maximum absolute atomic E-state index is 6.22. The van der Waals surface area contributed by atoms with Gasteiger partial charge in [-0.1, -0.05) is 53.4 Å². The second-order valence-electron chi connectivity index (χ2n) is 8.48. The van der Waals surface area contributed by atoms with Crippen molar-refractivity contribution in [3.05, 3.63) is 0 Å². The van der Waals surface area contributed by atoms with Crippen molar-refractivity contribution in [1.82, 2.24) is 0 Å². The van der Waals surface area contributed by atoms with E-state index >= 15 is 0 Å². The zero-order valence-electron chi connectivity index (χ0n) is 19.9. The monoisotopic (exact) mass is 439 g/mol. The minimum atomic E-state index is -2.52. The number of hydrogen-bond acceptors (Lipinski definition) is 3. The highest BCUT2D eigenvalue weighted by Crippen LogP contribution is 2.21. The van der Waals surface area contributed by atoms with Crippen LogP contribution in [-0.2, 0) is 13.3 Å². The highest BCUT2D eigenvalue weighted by Gasteiger charge is 2.41. The number of unbranched alkanes of at least 4 members (excludes halogenated alkanes) is 5. The predicted molar refractivity (Wildman–Crippen MR) is 119 cm³/mol. The maximum Gasteiger partial charge on any atom is 0.501 e. The number of nitrogens with zero attached hydrogens (tertiary/aromatic N) is 1. The molecular formula is C22H50ClNO3Si. The van der Waals surface area contributed by atoms with Crippen LogP contribution in [0.5, 0.6) is 0 Å². The van der Waals surface area contributed by atoms with Crippen LogP contribution >= 0.6 is 0 Å². The van der Waals surface area contributed by atoms with Crippen molar-refractivity contribution >= 4 is 8.80 Å². The summed E-state index contributed by atoms with van der Waals surface area (Å²) in [6.45, 7) is 13.4. The molecule has 0 spiro atoms. The third kappa shape index (κ3) is 16.2. The van der Waals surface area contributed by atoms with E-state index in [4.69, 9.17) is 13.3 Å². The van der Waals surface area contributed by atoms with Crippen LogP contribution in [0.15, 0.2) is 0 Å². The molecule has 0 fully saturated rings. The number of rotatable bonds is 20. The van der Waals surface area contributed by atoms with Gasteiger partial charge in [-0.05, 0) is 32.1 Å². The first-order valence-corrected chi connectivity index (χ1v) is 13.6. The fraction of sp³-hybridized carbons (Fsp3) is 1.00. The highest BCUT2D eigenvalue weighted by molar-refractivity contribution is 6.60. The topological polar surface area (TPSA) is 27.7 Å². The quantitative estimate of drug-likeness (QED) is 0.166. The molecule has 172 valence electrons. The summed E-state index contributed by atoms with van der Waals surface area (Å²) in [6, 6.07) is 0.950. The van der Waals surface area contributed by atoms with E-state index in [9.17, 15) is 0 Å². The van der Waals surface area contributed by atoms with Crippen molar-refractivity contribution in [2.75, 3.05) is 47.0 Å². The molecule has 6 heteroatoms. The molecule has 0 radical (unpaired) electrons. The lowest BCUT2D eigenvalue weighted by Crippen LogP contribution is -3.00. The molecular weight excluding hydrogens is 390 g/mol. The van der Waals surface area contributed by atoms with Gasteiger partial charge in [0.15, 0.2) is 0 Å². The molecule has 0 aliphatic carbocycles. The first kappa shape index (κ1) is 30.5. The fourth-order valence-electron chi connectivity index (χ4n) is 3.27. The zero-order chi connectivity index (χ0) is 20.4. The van der Waals surface area contributed by atoms with Gasteiger partial charge in [0.1, 0.15) is 0 Å². The smallest absolute Gasteiger partial charge is 0.501 e. The molecule has 0 aromatic rings. The maximum atomic E-state index is 6.22. The normalized spacial score (nSPS) is 12.2. The van der Waals surface area contributed by atoms with Crippen molar-refractivity contribution in [3.63, 3.8) is 0 Å². The van der Waals surface area contributed by atoms with Crippen molar-refractivity contribution < 1.29 is 30.2 Å². The van der Waals surface area contributed by atoms with Gasteiger partial charge in [-0.2, -0.15) is 0 Å². The Labute approximate surface area is 184 Å². The molecule has 0 saturated carbocycles. The summed E-state index contributed by atoms with van der Waals surface area (Å²) in [6.07, 6.45) is 12.4. The molecule has 0 heterocycles. The molecule has 4 nitrogen and oxygen atoms in total. The largest absolute Gasteiger partial charge is 1.00 e. The SMILES string of the molecule is CCCCCCCC[N+](C)(C)CCC[Si](OCCC)(OCCC)OCCC.[Cl-]. The summed E-state index contributed by atoms with van der Waals surface area (Å²) in [5.41, 5.74) is 0. The lowest BCUT2D eigenvalue weighted by Gasteiger charge is -2.33. The van der Waals surface area contributed by atoms with Gasteiger partial charge in [-0.15, -0.1) is 0 Å². The van der Waals surface area contributed by atoms with Gasteiger partial charge in [-0.3, -0.25) is 0 Å². The fourth-order valence-corrected chi connectivity index (χ4v) is 6.09. The first-order chi connectivity index (χ1) is 12.9. The van der Waals surface area contributed by atoms with Crippen LogP contribution in [0.4, 0.5) is 0 Å². The molecule has 0 saturated heterocycles. The van der Waals surface area contributed by atoms with E-state index < -0.39 is 8.80 Å². The number of quaternary nitrogens is 1. The molecule has 0 atom stereocenters. The van der Waals surface area contributed by atoms with Crippen molar-refractivity contribution in [1.29, 1.82) is 0 Å². The summed E-state index contributed by atoms with van der Waals surface area (Å²) in [5, 5.41) is 0. The van der Waals surface area contributed by atoms with E-state index in [1.165, 1.54) is 51.6 Å². The first-order valence-electron chi connectivity index (χ1n) is 11.7. The Morgan fingerprint density at radius 3 is 1.46 bits per heavy atom. The molecule has 0 bridgehead atoms. The van der Waals surface area contributed by atoms with Crippen LogP contribution in [0, 0.1) is 0 Å². The second-order valence-corrected chi connectivity index (χ2v) is 11.2. The Morgan fingerprint density at radius 2 is 1.00 bits per heavy atom. The van der Waals surface area contributed by atoms with Crippen LogP contribution in [-0.4, -0.2) is 60.3 Å². The van der Waals surface area contributed by atoms with E-state index in [0.29, 0.717) is 0 Å². The average Bonchev–Trinajstić information content (AvgIpc) is 2.65. The van der Waals surface area contributed by atoms with Crippen molar-refractivity contribution in [2.45, 2.75) is 97.9 Å². The van der Waals surface area contributed by atoms with E-state index in [2.05, 4.69) is 41.8 Å². The van der Waals surface area contributed by atoms with Gasteiger partial charge in [-0.25, -0.2) is 0 Å². The van der Waals surface area contributed by atoms with Gasteiger partial charge in [0.25, 0.3) is 0 Å². The standard InChI is InChI=1S/C22H50NO3Si.ClH/c1-7-11-12-13-14-15-17-23(5,6)18-16-22-27(24-19-8-2,25-20-9-3)26-21-10-4;/h7-22H2,1-6H3;1H/q+1;/p-1. The second kappa shape index (κ2) is 19.3. The lowest BCUT2D eigenvalue weighted by atomic mass is 10.1. The number of hydrogen-bond donors (Lipinski definition) is 0. The Morgan fingerprint density at radius 1 is 0.571 bits per heavy atom. The summed E-state index contributed by atoms with van der Waals surface area (Å²) in [4.78, 5) is 0. The minimum Gasteiger partial charge on any atom is -1.00 e. The molecule has 28 heavy (non-hydrogen) atoms. The molecule has 0 aliphatic heterocycles. The van der Waals surface area contributed by atoms with Crippen LogP contribution in [0.3, 0.4) is 0 Å². The number of halogens is 1. The Balaban J connectivity index is 0. The Hall–Kier alpha value is 0.347. The Bertz CT molecular complexity index is 311. The molecule has 0 N–H and O–H groups in total. The van der Waals surface area contributed by atoms with Gasteiger partial charge >= 0.3 is 8.80 Å². The molecule has 0 aliphatic rings.